The summed E-state index contributed by atoms with van der Waals surface area (Å²) < 4.78 is 279. The Hall–Kier alpha value is -10.6. The predicted molar refractivity (Wildman–Crippen MR) is 419 cm³/mol. The molecular formula is C74H46F26N14P4Ru2S3. The van der Waals surface area contributed by atoms with Gasteiger partial charge in [-0.05, 0) is 181 Å². The van der Waals surface area contributed by atoms with Gasteiger partial charge < -0.3 is 0 Å². The van der Waals surface area contributed by atoms with Crippen molar-refractivity contribution in [2.45, 2.75) is 0 Å². The molecule has 0 N–H and O–H groups in total. The molecule has 0 aliphatic rings. The Morgan fingerprint density at radius 1 is 0.203 bits per heavy atom. The molecule has 0 atom stereocenters. The van der Waals surface area contributed by atoms with Gasteiger partial charge in [0, 0.05) is 69.1 Å². The van der Waals surface area contributed by atoms with E-state index in [1.54, 1.807) is 61.7 Å². The molecule has 0 fully saturated rings. The normalized spacial score (nSPS) is 13.5. The van der Waals surface area contributed by atoms with Crippen molar-refractivity contribution < 1.29 is 148 Å². The number of pyridine rings is 12. The molecule has 15 heterocycles. The van der Waals surface area contributed by atoms with Crippen LogP contribution in [0.2, 0.25) is 0 Å². The van der Waals surface area contributed by atoms with Gasteiger partial charge in [0.05, 0.1) is 114 Å². The Kier molecular flexibility index (Phi) is 28.0. The van der Waals surface area contributed by atoms with Crippen LogP contribution in [0.5, 0.6) is 0 Å². The molecule has 15 aromatic heterocycles. The summed E-state index contributed by atoms with van der Waals surface area (Å²) in [5.41, 5.74) is 14.8. The maximum Gasteiger partial charge on any atom is 2.00 e. The average Bonchev–Trinajstić information content (AvgIpc) is 1.60. The van der Waals surface area contributed by atoms with Crippen molar-refractivity contribution in [2.24, 2.45) is 0 Å². The van der Waals surface area contributed by atoms with Gasteiger partial charge in [-0.25, -0.2) is 28.7 Å². The van der Waals surface area contributed by atoms with E-state index in [4.69, 9.17) is 9.97 Å². The summed E-state index contributed by atoms with van der Waals surface area (Å²) in [7, 11) is -42.6. The fourth-order valence-corrected chi connectivity index (χ4v) is 12.7. The van der Waals surface area contributed by atoms with Gasteiger partial charge in [0.15, 0.2) is 11.6 Å². The van der Waals surface area contributed by atoms with Crippen LogP contribution < -0.4 is 0 Å². The monoisotopic (exact) mass is 2050 g/mol. The Balaban J connectivity index is 0.000000229. The van der Waals surface area contributed by atoms with Crippen LogP contribution in [0.25, 0.3) is 144 Å². The summed E-state index contributed by atoms with van der Waals surface area (Å²) in [6.07, 6.45) is 13.9. The Morgan fingerprint density at radius 3 is 0.561 bits per heavy atom. The molecule has 49 heteroatoms. The molecule has 0 saturated heterocycles. The summed E-state index contributed by atoms with van der Waals surface area (Å²) in [6, 6.07) is 72.7. The second kappa shape index (κ2) is 35.2. The van der Waals surface area contributed by atoms with Crippen molar-refractivity contribution in [3.8, 4) is 133 Å². The number of thiophene rings is 2. The maximum absolute atomic E-state index is 16.6. The van der Waals surface area contributed by atoms with Gasteiger partial charge in [-0.15, -0.1) is 22.7 Å². The quantitative estimate of drug-likeness (QED) is 0.0640. The van der Waals surface area contributed by atoms with E-state index in [2.05, 4.69) is 58.6 Å². The fourth-order valence-electron chi connectivity index (χ4n) is 10.1. The van der Waals surface area contributed by atoms with Crippen LogP contribution in [0.3, 0.4) is 0 Å². The number of halogens is 26. The number of nitrogens with zero attached hydrogens (tertiary/aromatic N) is 14. The predicted octanol–water partition coefficient (Wildman–Crippen LogP) is 31.7. The van der Waals surface area contributed by atoms with Crippen LogP contribution in [0, 0.1) is 11.6 Å². The molecule has 16 rings (SSSR count). The SMILES string of the molecule is F[P-](F)(F)(F)(F)F.F[P-](F)(F)(F)(F)F.F[P-](F)(F)(F)(F)F.F[P-](F)(F)(F)(F)F.Fc1c(F)c(-c2ccc(-c3cc(-c4ccccn4)nc(-c4ccccn4)c3)s2)c2nsnc2c1-c1ccc(-c2cc(-c3ccccn3)nc(-c3ccccn3)c2)s1.[Ru+2].[Ru+2].c1ccc(-c2cccc(-c3ccccn3)n2)nc1.c1ccc(-c2cccc(-c3ccccn3)n2)nc1. The summed E-state index contributed by atoms with van der Waals surface area (Å²) >= 11 is 3.60. The van der Waals surface area contributed by atoms with Crippen LogP contribution in [0.1, 0.15) is 0 Å². The number of aromatic nitrogens is 14. The van der Waals surface area contributed by atoms with Gasteiger partial charge in [-0.1, -0.05) is 60.7 Å². The number of fused-ring (bicyclic) bond motifs is 1. The smallest absolute Gasteiger partial charge is 0.255 e. The second-order valence-corrected chi connectivity index (χ2v) is 34.7. The van der Waals surface area contributed by atoms with Crippen molar-refractivity contribution in [2.75, 3.05) is 0 Å². The zero-order valence-corrected chi connectivity index (χ0v) is 69.9. The van der Waals surface area contributed by atoms with Crippen molar-refractivity contribution in [3.05, 3.63) is 292 Å². The second-order valence-electron chi connectivity index (χ2n) is 24.3. The van der Waals surface area contributed by atoms with E-state index in [1.807, 2.05) is 218 Å². The largest absolute Gasteiger partial charge is 2.00 e. The third-order valence-electron chi connectivity index (χ3n) is 14.4. The maximum atomic E-state index is 16.6. The minimum atomic E-state index is -10.7. The molecule has 648 valence electrons. The van der Waals surface area contributed by atoms with Gasteiger partial charge in [-0.3, -0.25) is 39.9 Å². The van der Waals surface area contributed by atoms with Crippen LogP contribution >= 0.6 is 65.6 Å². The van der Waals surface area contributed by atoms with E-state index in [-0.39, 0.29) is 50.1 Å². The third-order valence-corrected chi connectivity index (χ3v) is 17.3. The molecule has 16 aromatic rings. The molecule has 0 bridgehead atoms. The van der Waals surface area contributed by atoms with Crippen molar-refractivity contribution in [1.82, 2.24) is 68.6 Å². The van der Waals surface area contributed by atoms with Crippen molar-refractivity contribution >= 4 is 76.7 Å². The Morgan fingerprint density at radius 2 is 0.374 bits per heavy atom. The summed E-state index contributed by atoms with van der Waals surface area (Å²) in [6.45, 7) is 0. The van der Waals surface area contributed by atoms with Crippen LogP contribution in [-0.2, 0) is 39.0 Å². The third kappa shape index (κ3) is 35.6. The number of hydrogen-bond donors (Lipinski definition) is 0. The first-order valence-electron chi connectivity index (χ1n) is 33.1. The molecule has 0 spiro atoms. The molecule has 0 saturated carbocycles. The first-order chi connectivity index (χ1) is 55.7. The molecule has 0 aliphatic heterocycles. The molecule has 0 amide bonds. The zero-order valence-electron chi connectivity index (χ0n) is 60.4. The van der Waals surface area contributed by atoms with E-state index >= 15 is 8.78 Å². The molecule has 14 nitrogen and oxygen atoms in total. The van der Waals surface area contributed by atoms with E-state index in [0.717, 1.165) is 78.2 Å². The zero-order chi connectivity index (χ0) is 88.3. The summed E-state index contributed by atoms with van der Waals surface area (Å²) in [5.74, 6) is -1.96. The number of benzene rings is 1. The van der Waals surface area contributed by atoms with E-state index in [9.17, 15) is 101 Å². The molecule has 0 aliphatic carbocycles. The average molecular weight is 2050 g/mol. The van der Waals surface area contributed by atoms with Gasteiger partial charge in [0.1, 0.15) is 11.0 Å². The van der Waals surface area contributed by atoms with Gasteiger partial charge in [0.2, 0.25) is 0 Å². The molecule has 0 unspecified atom stereocenters. The number of hydrogen-bond acceptors (Lipinski definition) is 17. The fraction of sp³-hybridized carbons (Fsp3) is 0. The minimum Gasteiger partial charge on any atom is -0.255 e. The van der Waals surface area contributed by atoms with Crippen LogP contribution in [0.15, 0.2) is 280 Å². The Bertz CT molecular complexity index is 5580. The van der Waals surface area contributed by atoms with Gasteiger partial charge in [0.25, 0.3) is 0 Å². The van der Waals surface area contributed by atoms with Gasteiger partial charge in [-0.2, -0.15) is 8.75 Å². The minimum absolute atomic E-state index is 0. The topological polar surface area (TPSA) is 180 Å². The summed E-state index contributed by atoms with van der Waals surface area (Å²) in [4.78, 5) is 56.9. The molecule has 0 radical (unpaired) electrons. The van der Waals surface area contributed by atoms with Crippen LogP contribution in [-0.4, -0.2) is 68.6 Å². The van der Waals surface area contributed by atoms with Crippen molar-refractivity contribution in [3.63, 3.8) is 0 Å². The Labute approximate surface area is 713 Å². The first kappa shape index (κ1) is 97.8. The summed E-state index contributed by atoms with van der Waals surface area (Å²) in [5, 5.41) is 0. The van der Waals surface area contributed by atoms with Crippen molar-refractivity contribution in [1.29, 1.82) is 0 Å². The van der Waals surface area contributed by atoms with E-state index in [1.165, 1.54) is 22.7 Å². The molecular weight excluding hydrogens is 2000 g/mol. The molecule has 1 aromatic carbocycles. The van der Waals surface area contributed by atoms with E-state index in [0.29, 0.717) is 66.3 Å². The van der Waals surface area contributed by atoms with Gasteiger partial charge >= 0.3 is 171 Å². The molecule has 123 heavy (non-hydrogen) atoms. The van der Waals surface area contributed by atoms with E-state index < -0.39 is 42.9 Å². The first-order valence-corrected chi connectivity index (χ1v) is 43.6. The van der Waals surface area contributed by atoms with Crippen LogP contribution in [0.4, 0.5) is 110 Å². The standard InChI is InChI=1S/C44H24F2N8S3.2C15H11N3.4F6P.2Ru/c45-41-39(37-15-13-35(55-37)25-21-31(27-9-1-5-17-47-27)51-32(22-25)28-10-2-6-18-48-28)43-44(54-57-53-43)40(42(41)46)38-16-14-36(56-38)26-23-33(29-11-3-7-19-49-29)52-34(24-26)30-12-4-8-20-50-30;2*1-3-10-16-12(6-1)14-8-5-9-15(18-14)13-7-2-4-11-17-13;4*1-7(2,3,4,5)6;;/h1-24H;2*1-11H;;;;;;/q;;;4*-1;2*+2. The number of rotatable bonds is 12.